The van der Waals surface area contributed by atoms with Crippen molar-refractivity contribution < 1.29 is 9.84 Å². The summed E-state index contributed by atoms with van der Waals surface area (Å²) in [7, 11) is 3.87. The Bertz CT molecular complexity index is 663. The van der Waals surface area contributed by atoms with Crippen LogP contribution >= 0.6 is 0 Å². The largest absolute Gasteiger partial charge is 0.396 e. The lowest BCUT2D eigenvalue weighted by Gasteiger charge is -2.13. The van der Waals surface area contributed by atoms with Gasteiger partial charge in [-0.15, -0.1) is 0 Å². The van der Waals surface area contributed by atoms with E-state index in [1.165, 1.54) is 27.6 Å². The lowest BCUT2D eigenvalue weighted by atomic mass is 9.99. The summed E-state index contributed by atoms with van der Waals surface area (Å²) in [6.07, 6.45) is 3.15. The summed E-state index contributed by atoms with van der Waals surface area (Å²) in [5.74, 6) is 0.303. The third kappa shape index (κ3) is 2.91. The van der Waals surface area contributed by atoms with Crippen LogP contribution in [-0.2, 0) is 31.3 Å². The molecule has 0 radical (unpaired) electrons. The predicted molar refractivity (Wildman–Crippen MR) is 88.9 cm³/mol. The van der Waals surface area contributed by atoms with Gasteiger partial charge in [0, 0.05) is 57.5 Å². The molecule has 1 N–H and O–H groups in total. The van der Waals surface area contributed by atoms with E-state index in [9.17, 15) is 5.11 Å². The van der Waals surface area contributed by atoms with E-state index in [1.807, 2.05) is 0 Å². The normalized spacial score (nSPS) is 16.4. The van der Waals surface area contributed by atoms with Gasteiger partial charge in [-0.25, -0.2) is 0 Å². The van der Waals surface area contributed by atoms with Crippen LogP contribution in [0.15, 0.2) is 18.3 Å². The second-order valence-electron chi connectivity index (χ2n) is 6.60. The molecule has 22 heavy (non-hydrogen) atoms. The number of aromatic nitrogens is 1. The van der Waals surface area contributed by atoms with Crippen molar-refractivity contribution in [3.63, 3.8) is 0 Å². The Morgan fingerprint density at radius 3 is 2.68 bits per heavy atom. The fourth-order valence-corrected chi connectivity index (χ4v) is 3.41. The van der Waals surface area contributed by atoms with E-state index in [1.54, 1.807) is 7.11 Å². The predicted octanol–water partition coefficient (Wildman–Crippen LogP) is 2.31. The zero-order valence-corrected chi connectivity index (χ0v) is 13.8. The molecule has 0 amide bonds. The number of aliphatic hydroxyl groups excluding tert-OH is 1. The summed E-state index contributed by atoms with van der Waals surface area (Å²) in [5.41, 5.74) is 5.52. The van der Waals surface area contributed by atoms with Gasteiger partial charge in [-0.3, -0.25) is 4.90 Å². The fourth-order valence-electron chi connectivity index (χ4n) is 3.41. The van der Waals surface area contributed by atoms with E-state index in [-0.39, 0.29) is 6.61 Å². The van der Waals surface area contributed by atoms with Gasteiger partial charge in [0.15, 0.2) is 0 Å². The summed E-state index contributed by atoms with van der Waals surface area (Å²) in [5, 5.41) is 10.7. The van der Waals surface area contributed by atoms with Crippen LogP contribution in [0, 0.1) is 5.92 Å². The fraction of sp³-hybridized carbons (Fsp3) is 0.556. The molecule has 1 unspecified atom stereocenters. The third-order valence-corrected chi connectivity index (χ3v) is 4.67. The van der Waals surface area contributed by atoms with Gasteiger partial charge in [-0.2, -0.15) is 0 Å². The minimum atomic E-state index is 0.242. The molecule has 4 heteroatoms. The Hall–Kier alpha value is -1.36. The first-order chi connectivity index (χ1) is 10.6. The molecule has 1 aromatic carbocycles. The highest BCUT2D eigenvalue weighted by molar-refractivity contribution is 5.85. The van der Waals surface area contributed by atoms with Crippen LogP contribution in [-0.4, -0.2) is 41.4 Å². The zero-order chi connectivity index (χ0) is 15.7. The SMILES string of the molecule is COCCN1Cc2cc3c(CC(C)CO)cn(C)c3cc2C1. The van der Waals surface area contributed by atoms with E-state index in [2.05, 4.69) is 41.8 Å². The molecule has 0 fully saturated rings. The minimum Gasteiger partial charge on any atom is -0.396 e. The highest BCUT2D eigenvalue weighted by Gasteiger charge is 2.21. The molecule has 1 aromatic heterocycles. The van der Waals surface area contributed by atoms with Gasteiger partial charge in [-0.05, 0) is 41.2 Å². The number of nitrogens with zero attached hydrogens (tertiary/aromatic N) is 2. The zero-order valence-electron chi connectivity index (χ0n) is 13.8. The van der Waals surface area contributed by atoms with Crippen molar-refractivity contribution in [2.45, 2.75) is 26.4 Å². The van der Waals surface area contributed by atoms with Crippen molar-refractivity contribution in [1.82, 2.24) is 9.47 Å². The quantitative estimate of drug-likeness (QED) is 0.890. The Morgan fingerprint density at radius 1 is 1.27 bits per heavy atom. The van der Waals surface area contributed by atoms with Gasteiger partial charge >= 0.3 is 0 Å². The third-order valence-electron chi connectivity index (χ3n) is 4.67. The summed E-state index contributed by atoms with van der Waals surface area (Å²) in [6, 6.07) is 4.70. The second-order valence-corrected chi connectivity index (χ2v) is 6.60. The average molecular weight is 302 g/mol. The van der Waals surface area contributed by atoms with Crippen molar-refractivity contribution >= 4 is 10.9 Å². The van der Waals surface area contributed by atoms with Gasteiger partial charge in [0.1, 0.15) is 0 Å². The lowest BCUT2D eigenvalue weighted by molar-refractivity contribution is 0.147. The maximum Gasteiger partial charge on any atom is 0.0589 e. The monoisotopic (exact) mass is 302 g/mol. The highest BCUT2D eigenvalue weighted by atomic mass is 16.5. The molecule has 4 nitrogen and oxygen atoms in total. The van der Waals surface area contributed by atoms with Gasteiger partial charge < -0.3 is 14.4 Å². The van der Waals surface area contributed by atoms with Crippen LogP contribution in [0.3, 0.4) is 0 Å². The molecule has 0 saturated heterocycles. The first kappa shape index (κ1) is 15.5. The van der Waals surface area contributed by atoms with Gasteiger partial charge in [0.2, 0.25) is 0 Å². The number of benzene rings is 1. The minimum absolute atomic E-state index is 0.242. The van der Waals surface area contributed by atoms with Crippen molar-refractivity contribution in [2.75, 3.05) is 26.9 Å². The van der Waals surface area contributed by atoms with E-state index >= 15 is 0 Å². The molecule has 1 aliphatic heterocycles. The van der Waals surface area contributed by atoms with E-state index in [0.717, 1.165) is 32.7 Å². The Morgan fingerprint density at radius 2 is 2.00 bits per heavy atom. The smallest absolute Gasteiger partial charge is 0.0589 e. The molecule has 0 saturated carbocycles. The Kier molecular flexibility index (Phi) is 4.52. The number of aliphatic hydroxyl groups is 1. The van der Waals surface area contributed by atoms with Crippen LogP contribution in [0.4, 0.5) is 0 Å². The van der Waals surface area contributed by atoms with Crippen LogP contribution < -0.4 is 0 Å². The molecule has 0 bridgehead atoms. The number of rotatable bonds is 6. The maximum atomic E-state index is 9.32. The molecule has 2 heterocycles. The molecule has 120 valence electrons. The Balaban J connectivity index is 1.90. The standard InChI is InChI=1S/C18H26N2O2/c1-13(12-21)6-16-9-19(2)18-8-15-11-20(4-5-22-3)10-14(15)7-17(16)18/h7-9,13,21H,4-6,10-12H2,1-3H3. The molecule has 1 atom stereocenters. The summed E-state index contributed by atoms with van der Waals surface area (Å²) >= 11 is 0. The highest BCUT2D eigenvalue weighted by Crippen LogP contribution is 2.31. The topological polar surface area (TPSA) is 37.6 Å². The number of hydrogen-bond donors (Lipinski definition) is 1. The molecular weight excluding hydrogens is 276 g/mol. The summed E-state index contributed by atoms with van der Waals surface area (Å²) < 4.78 is 7.41. The lowest BCUT2D eigenvalue weighted by Crippen LogP contribution is -2.21. The molecule has 2 aromatic rings. The van der Waals surface area contributed by atoms with Crippen LogP contribution in [0.25, 0.3) is 10.9 Å². The van der Waals surface area contributed by atoms with Crippen molar-refractivity contribution in [3.05, 3.63) is 35.0 Å². The van der Waals surface area contributed by atoms with E-state index in [4.69, 9.17) is 4.74 Å². The van der Waals surface area contributed by atoms with E-state index in [0.29, 0.717) is 5.92 Å². The van der Waals surface area contributed by atoms with Crippen LogP contribution in [0.1, 0.15) is 23.6 Å². The summed E-state index contributed by atoms with van der Waals surface area (Å²) in [4.78, 5) is 2.43. The van der Waals surface area contributed by atoms with Crippen LogP contribution in [0.2, 0.25) is 0 Å². The number of aryl methyl sites for hydroxylation is 1. The van der Waals surface area contributed by atoms with Crippen molar-refractivity contribution in [3.8, 4) is 0 Å². The van der Waals surface area contributed by atoms with Gasteiger partial charge in [-0.1, -0.05) is 6.92 Å². The van der Waals surface area contributed by atoms with E-state index < -0.39 is 0 Å². The van der Waals surface area contributed by atoms with Crippen molar-refractivity contribution in [2.24, 2.45) is 13.0 Å². The second kappa shape index (κ2) is 6.41. The maximum absolute atomic E-state index is 9.32. The summed E-state index contributed by atoms with van der Waals surface area (Å²) in [6.45, 7) is 6.13. The molecule has 0 spiro atoms. The van der Waals surface area contributed by atoms with Crippen molar-refractivity contribution in [1.29, 1.82) is 0 Å². The van der Waals surface area contributed by atoms with Gasteiger partial charge in [0.25, 0.3) is 0 Å². The van der Waals surface area contributed by atoms with Gasteiger partial charge in [0.05, 0.1) is 6.61 Å². The first-order valence-corrected chi connectivity index (χ1v) is 8.04. The number of hydrogen-bond acceptors (Lipinski definition) is 3. The number of fused-ring (bicyclic) bond motifs is 2. The average Bonchev–Trinajstić information content (AvgIpc) is 3.04. The first-order valence-electron chi connectivity index (χ1n) is 8.04. The molecular formula is C18H26N2O2. The molecule has 1 aliphatic rings. The van der Waals surface area contributed by atoms with Crippen LogP contribution in [0.5, 0.6) is 0 Å². The molecule has 0 aliphatic carbocycles. The number of methoxy groups -OCH3 is 1. The number of ether oxygens (including phenoxy) is 1. The Labute approximate surface area is 132 Å². The molecule has 3 rings (SSSR count).